The molecule has 0 atom stereocenters. The van der Waals surface area contributed by atoms with Gasteiger partial charge in [-0.2, -0.15) is 5.10 Å². The Morgan fingerprint density at radius 3 is 2.67 bits per heavy atom. The molecule has 1 fully saturated rings. The molecule has 1 aromatic heterocycles. The Morgan fingerprint density at radius 2 is 2.13 bits per heavy atom. The summed E-state index contributed by atoms with van der Waals surface area (Å²) in [4.78, 5) is 12.2. The molecule has 0 N–H and O–H groups in total. The molecule has 1 saturated carbocycles. The molecule has 2 rings (SSSR count). The number of hydrogen-bond acceptors (Lipinski definition) is 2. The quantitative estimate of drug-likeness (QED) is 0.727. The van der Waals surface area contributed by atoms with Gasteiger partial charge in [0.25, 0.3) is 0 Å². The number of aryl methyl sites for hydroxylation is 1. The van der Waals surface area contributed by atoms with Crippen LogP contribution in [0.1, 0.15) is 42.6 Å². The van der Waals surface area contributed by atoms with Crippen molar-refractivity contribution in [1.29, 1.82) is 0 Å². The largest absolute Gasteiger partial charge is 0.292 e. The number of rotatable bonds is 2. The van der Waals surface area contributed by atoms with Crippen molar-refractivity contribution in [2.45, 2.75) is 32.1 Å². The van der Waals surface area contributed by atoms with Crippen molar-refractivity contribution in [3.8, 4) is 0 Å². The Bertz CT molecular complexity index is 347. The lowest BCUT2D eigenvalue weighted by Crippen LogP contribution is -2.20. The predicted octanol–water partition coefficient (Wildman–Crippen LogP) is 2.84. The predicted molar refractivity (Wildman–Crippen MR) is 59.1 cm³/mol. The Hall–Kier alpha value is -0.830. The van der Waals surface area contributed by atoms with E-state index in [-0.39, 0.29) is 11.7 Å². The average molecular weight is 227 g/mol. The van der Waals surface area contributed by atoms with Crippen LogP contribution in [0.5, 0.6) is 0 Å². The van der Waals surface area contributed by atoms with Gasteiger partial charge in [0.1, 0.15) is 5.69 Å². The second kappa shape index (κ2) is 4.35. The molecule has 1 aliphatic rings. The minimum absolute atomic E-state index is 0.159. The molecule has 1 heterocycles. The van der Waals surface area contributed by atoms with Crippen LogP contribution in [0.15, 0.2) is 6.20 Å². The van der Waals surface area contributed by atoms with E-state index in [4.69, 9.17) is 11.6 Å². The molecule has 0 saturated heterocycles. The Labute approximate surface area is 94.4 Å². The van der Waals surface area contributed by atoms with Gasteiger partial charge in [-0.15, -0.1) is 0 Å². The summed E-state index contributed by atoms with van der Waals surface area (Å²) in [6.07, 6.45) is 7.11. The summed E-state index contributed by atoms with van der Waals surface area (Å²) in [5.74, 6) is 0.325. The molecule has 82 valence electrons. The summed E-state index contributed by atoms with van der Waals surface area (Å²) >= 11 is 5.95. The molecular formula is C11H15ClN2O. The third kappa shape index (κ3) is 2.07. The maximum Gasteiger partial charge on any atom is 0.185 e. The first-order valence-electron chi connectivity index (χ1n) is 5.42. The van der Waals surface area contributed by atoms with E-state index in [1.165, 1.54) is 12.6 Å². The third-order valence-electron chi connectivity index (χ3n) is 3.10. The number of halogens is 1. The highest BCUT2D eigenvalue weighted by molar-refractivity contribution is 6.33. The van der Waals surface area contributed by atoms with Crippen LogP contribution in [-0.2, 0) is 7.05 Å². The Kier molecular flexibility index (Phi) is 3.10. The fraction of sp³-hybridized carbons (Fsp3) is 0.636. The number of Topliss-reactive ketones (excluding diaryl/α,β-unsaturated/α-hetero) is 1. The molecule has 0 aliphatic heterocycles. The van der Waals surface area contributed by atoms with E-state index >= 15 is 0 Å². The van der Waals surface area contributed by atoms with Gasteiger partial charge in [0.2, 0.25) is 0 Å². The van der Waals surface area contributed by atoms with Gasteiger partial charge in [-0.05, 0) is 12.8 Å². The van der Waals surface area contributed by atoms with E-state index < -0.39 is 0 Å². The highest BCUT2D eigenvalue weighted by Crippen LogP contribution is 2.28. The lowest BCUT2D eigenvalue weighted by molar-refractivity contribution is 0.0880. The molecule has 1 aromatic rings. The maximum atomic E-state index is 12.2. The molecule has 1 aliphatic carbocycles. The van der Waals surface area contributed by atoms with Gasteiger partial charge in [0.05, 0.1) is 11.2 Å². The molecule has 3 nitrogen and oxygen atoms in total. The molecule has 0 unspecified atom stereocenters. The first kappa shape index (κ1) is 10.7. The number of carbonyl (C=O) groups excluding carboxylic acids is 1. The van der Waals surface area contributed by atoms with Gasteiger partial charge >= 0.3 is 0 Å². The second-order valence-electron chi connectivity index (χ2n) is 4.16. The highest BCUT2D eigenvalue weighted by atomic mass is 35.5. The lowest BCUT2D eigenvalue weighted by Gasteiger charge is -2.20. The van der Waals surface area contributed by atoms with Crippen molar-refractivity contribution in [3.63, 3.8) is 0 Å². The van der Waals surface area contributed by atoms with E-state index in [0.29, 0.717) is 10.7 Å². The topological polar surface area (TPSA) is 34.9 Å². The molecule has 0 amide bonds. The Balaban J connectivity index is 2.19. The van der Waals surface area contributed by atoms with Crippen LogP contribution in [0.3, 0.4) is 0 Å². The monoisotopic (exact) mass is 226 g/mol. The number of ketones is 1. The standard InChI is InChI=1S/C11H15ClN2O/c1-14-10(9(12)7-13-14)11(15)8-5-3-2-4-6-8/h7-8H,2-6H2,1H3. The number of aromatic nitrogens is 2. The molecular weight excluding hydrogens is 212 g/mol. The SMILES string of the molecule is Cn1ncc(Cl)c1C(=O)C1CCCCC1. The molecule has 0 aromatic carbocycles. The van der Waals surface area contributed by atoms with Crippen LogP contribution in [0, 0.1) is 5.92 Å². The van der Waals surface area contributed by atoms with E-state index in [9.17, 15) is 4.79 Å². The summed E-state index contributed by atoms with van der Waals surface area (Å²) in [6, 6.07) is 0. The van der Waals surface area contributed by atoms with Crippen LogP contribution in [0.2, 0.25) is 5.02 Å². The van der Waals surface area contributed by atoms with Gasteiger partial charge in [-0.3, -0.25) is 9.48 Å². The van der Waals surface area contributed by atoms with E-state index in [2.05, 4.69) is 5.10 Å². The average Bonchev–Trinajstić information content (AvgIpc) is 2.59. The zero-order valence-corrected chi connectivity index (χ0v) is 9.63. The molecule has 0 spiro atoms. The number of carbonyl (C=O) groups is 1. The number of hydrogen-bond donors (Lipinski definition) is 0. The number of nitrogens with zero attached hydrogens (tertiary/aromatic N) is 2. The molecule has 15 heavy (non-hydrogen) atoms. The fourth-order valence-electron chi connectivity index (χ4n) is 2.25. The van der Waals surface area contributed by atoms with Gasteiger partial charge in [0.15, 0.2) is 5.78 Å². The summed E-state index contributed by atoms with van der Waals surface area (Å²) in [5.41, 5.74) is 0.573. The summed E-state index contributed by atoms with van der Waals surface area (Å²) in [6.45, 7) is 0. The van der Waals surface area contributed by atoms with E-state index in [1.54, 1.807) is 11.7 Å². The summed E-state index contributed by atoms with van der Waals surface area (Å²) in [5, 5.41) is 4.48. The summed E-state index contributed by atoms with van der Waals surface area (Å²) < 4.78 is 1.58. The second-order valence-corrected chi connectivity index (χ2v) is 4.57. The maximum absolute atomic E-state index is 12.2. The minimum atomic E-state index is 0.159. The normalized spacial score (nSPS) is 18.0. The van der Waals surface area contributed by atoms with Crippen molar-refractivity contribution in [2.24, 2.45) is 13.0 Å². The van der Waals surface area contributed by atoms with Crippen LogP contribution >= 0.6 is 11.6 Å². The molecule has 4 heteroatoms. The molecule has 0 bridgehead atoms. The zero-order chi connectivity index (χ0) is 10.8. The highest BCUT2D eigenvalue weighted by Gasteiger charge is 2.26. The van der Waals surface area contributed by atoms with E-state index in [1.807, 2.05) is 0 Å². The van der Waals surface area contributed by atoms with E-state index in [0.717, 1.165) is 25.7 Å². The van der Waals surface area contributed by atoms with Gasteiger partial charge in [0, 0.05) is 13.0 Å². The first-order valence-corrected chi connectivity index (χ1v) is 5.79. The zero-order valence-electron chi connectivity index (χ0n) is 8.87. The van der Waals surface area contributed by atoms with Crippen molar-refractivity contribution < 1.29 is 4.79 Å². The van der Waals surface area contributed by atoms with Crippen LogP contribution in [-0.4, -0.2) is 15.6 Å². The van der Waals surface area contributed by atoms with Crippen LogP contribution in [0.4, 0.5) is 0 Å². The first-order chi connectivity index (χ1) is 7.20. The lowest BCUT2D eigenvalue weighted by atomic mass is 9.85. The van der Waals surface area contributed by atoms with Crippen molar-refractivity contribution in [3.05, 3.63) is 16.9 Å². The fourth-order valence-corrected chi connectivity index (χ4v) is 2.51. The van der Waals surface area contributed by atoms with Crippen LogP contribution < -0.4 is 0 Å². The Morgan fingerprint density at radius 1 is 1.47 bits per heavy atom. The van der Waals surface area contributed by atoms with Crippen LogP contribution in [0.25, 0.3) is 0 Å². The minimum Gasteiger partial charge on any atom is -0.292 e. The van der Waals surface area contributed by atoms with Crippen molar-refractivity contribution >= 4 is 17.4 Å². The van der Waals surface area contributed by atoms with Crippen molar-refractivity contribution in [1.82, 2.24) is 9.78 Å². The van der Waals surface area contributed by atoms with Crippen molar-refractivity contribution in [2.75, 3.05) is 0 Å². The van der Waals surface area contributed by atoms with Gasteiger partial charge in [-0.1, -0.05) is 30.9 Å². The van der Waals surface area contributed by atoms with Gasteiger partial charge < -0.3 is 0 Å². The molecule has 0 radical (unpaired) electrons. The van der Waals surface area contributed by atoms with Gasteiger partial charge in [-0.25, -0.2) is 0 Å². The summed E-state index contributed by atoms with van der Waals surface area (Å²) in [7, 11) is 1.77. The third-order valence-corrected chi connectivity index (χ3v) is 3.38. The smallest absolute Gasteiger partial charge is 0.185 e.